The Morgan fingerprint density at radius 1 is 1.31 bits per heavy atom. The molecular weight excluding hydrogens is 458 g/mol. The smallest absolute Gasteiger partial charge is 0.264 e. The van der Waals surface area contributed by atoms with E-state index in [0.717, 1.165) is 21.8 Å². The zero-order chi connectivity index (χ0) is 20.6. The number of hydrogen-bond donors (Lipinski definition) is 3. The molecule has 0 aliphatic rings. The molecule has 150 valence electrons. The topological polar surface area (TPSA) is 119 Å². The summed E-state index contributed by atoms with van der Waals surface area (Å²) in [6.07, 6.45) is 1.63. The van der Waals surface area contributed by atoms with E-state index in [9.17, 15) is 4.79 Å². The van der Waals surface area contributed by atoms with Crippen molar-refractivity contribution in [2.24, 2.45) is 5.10 Å². The van der Waals surface area contributed by atoms with Crippen LogP contribution < -0.4 is 21.3 Å². The SMILES string of the molecule is COc1ccccc1NC(=O)CSc1nnc(N/N=C/c2cccc(Br)c2)n1N. The predicted octanol–water partition coefficient (Wildman–Crippen LogP) is 2.94. The van der Waals surface area contributed by atoms with E-state index >= 15 is 0 Å². The molecule has 1 amide bonds. The van der Waals surface area contributed by atoms with Crippen molar-refractivity contribution in [3.63, 3.8) is 0 Å². The number of nitrogens with one attached hydrogen (secondary N) is 2. The summed E-state index contributed by atoms with van der Waals surface area (Å²) in [5, 5.41) is 15.2. The van der Waals surface area contributed by atoms with Crippen LogP contribution in [0.1, 0.15) is 5.56 Å². The number of thioether (sulfide) groups is 1. The third-order valence-corrected chi connectivity index (χ3v) is 5.04. The number of nitrogens with two attached hydrogens (primary N) is 1. The number of carbonyl (C=O) groups excluding carboxylic acids is 1. The van der Waals surface area contributed by atoms with E-state index in [0.29, 0.717) is 16.6 Å². The number of methoxy groups -OCH3 is 1. The van der Waals surface area contributed by atoms with Crippen molar-refractivity contribution < 1.29 is 9.53 Å². The molecular formula is C18H18BrN7O2S. The van der Waals surface area contributed by atoms with E-state index in [1.807, 2.05) is 36.4 Å². The van der Waals surface area contributed by atoms with Crippen LogP contribution >= 0.6 is 27.7 Å². The molecule has 0 fully saturated rings. The summed E-state index contributed by atoms with van der Waals surface area (Å²) in [6, 6.07) is 14.8. The van der Waals surface area contributed by atoms with Crippen LogP contribution in [0.5, 0.6) is 5.75 Å². The Morgan fingerprint density at radius 3 is 2.93 bits per heavy atom. The molecule has 29 heavy (non-hydrogen) atoms. The van der Waals surface area contributed by atoms with Gasteiger partial charge in [0.2, 0.25) is 11.1 Å². The number of nitrogen functional groups attached to an aromatic ring is 1. The van der Waals surface area contributed by atoms with Gasteiger partial charge in [-0.1, -0.05) is 52.0 Å². The van der Waals surface area contributed by atoms with Crippen molar-refractivity contribution in [2.75, 3.05) is 29.4 Å². The van der Waals surface area contributed by atoms with E-state index in [-0.39, 0.29) is 17.6 Å². The maximum Gasteiger partial charge on any atom is 0.264 e. The van der Waals surface area contributed by atoms with Gasteiger partial charge in [0.15, 0.2) is 0 Å². The molecule has 2 aromatic carbocycles. The Morgan fingerprint density at radius 2 is 2.14 bits per heavy atom. The number of benzene rings is 2. The molecule has 0 aliphatic heterocycles. The fourth-order valence-electron chi connectivity index (χ4n) is 2.27. The van der Waals surface area contributed by atoms with Crippen molar-refractivity contribution in [1.82, 2.24) is 14.9 Å². The van der Waals surface area contributed by atoms with Gasteiger partial charge in [-0.3, -0.25) is 4.79 Å². The van der Waals surface area contributed by atoms with Gasteiger partial charge in [0.25, 0.3) is 5.95 Å². The number of rotatable bonds is 8. The van der Waals surface area contributed by atoms with Crippen LogP contribution in [0, 0.1) is 0 Å². The predicted molar refractivity (Wildman–Crippen MR) is 118 cm³/mol. The van der Waals surface area contributed by atoms with E-state index in [2.05, 4.69) is 42.0 Å². The maximum atomic E-state index is 12.2. The first-order valence-corrected chi connectivity index (χ1v) is 10.2. The highest BCUT2D eigenvalue weighted by Crippen LogP contribution is 2.24. The van der Waals surface area contributed by atoms with Gasteiger partial charge in [-0.15, -0.1) is 10.2 Å². The molecule has 11 heteroatoms. The van der Waals surface area contributed by atoms with Crippen molar-refractivity contribution in [3.05, 3.63) is 58.6 Å². The second-order valence-electron chi connectivity index (χ2n) is 5.64. The first-order chi connectivity index (χ1) is 14.1. The number of amides is 1. The lowest BCUT2D eigenvalue weighted by molar-refractivity contribution is -0.113. The van der Waals surface area contributed by atoms with Gasteiger partial charge in [0.05, 0.1) is 24.8 Å². The van der Waals surface area contributed by atoms with E-state index < -0.39 is 0 Å². The molecule has 0 spiro atoms. The first kappa shape index (κ1) is 20.7. The van der Waals surface area contributed by atoms with Crippen LogP contribution in [0.3, 0.4) is 0 Å². The molecule has 4 N–H and O–H groups in total. The summed E-state index contributed by atoms with van der Waals surface area (Å²) < 4.78 is 7.40. The first-order valence-electron chi connectivity index (χ1n) is 8.37. The third-order valence-electron chi connectivity index (χ3n) is 3.60. The van der Waals surface area contributed by atoms with Crippen LogP contribution in [0.2, 0.25) is 0 Å². The summed E-state index contributed by atoms with van der Waals surface area (Å²) in [5.74, 6) is 6.69. The Balaban J connectivity index is 1.54. The monoisotopic (exact) mass is 475 g/mol. The summed E-state index contributed by atoms with van der Waals surface area (Å²) in [6.45, 7) is 0. The zero-order valence-electron chi connectivity index (χ0n) is 15.4. The summed E-state index contributed by atoms with van der Waals surface area (Å²) >= 11 is 4.55. The number of hydrogen-bond acceptors (Lipinski definition) is 8. The largest absolute Gasteiger partial charge is 0.495 e. The van der Waals surface area contributed by atoms with Crippen LogP contribution in [0.4, 0.5) is 11.6 Å². The second kappa shape index (κ2) is 9.94. The average Bonchev–Trinajstić information content (AvgIpc) is 3.06. The van der Waals surface area contributed by atoms with Gasteiger partial charge in [-0.2, -0.15) is 5.10 Å². The zero-order valence-corrected chi connectivity index (χ0v) is 17.8. The molecule has 0 aliphatic carbocycles. The van der Waals surface area contributed by atoms with Crippen molar-refractivity contribution in [2.45, 2.75) is 5.16 Å². The highest BCUT2D eigenvalue weighted by atomic mass is 79.9. The van der Waals surface area contributed by atoms with Gasteiger partial charge in [-0.25, -0.2) is 10.1 Å². The van der Waals surface area contributed by atoms with Gasteiger partial charge >= 0.3 is 0 Å². The molecule has 0 saturated heterocycles. The highest BCUT2D eigenvalue weighted by Gasteiger charge is 2.13. The number of halogens is 1. The number of aromatic nitrogens is 3. The molecule has 0 radical (unpaired) electrons. The van der Waals surface area contributed by atoms with Crippen molar-refractivity contribution in [3.8, 4) is 5.75 Å². The molecule has 1 aromatic heterocycles. The molecule has 3 rings (SSSR count). The van der Waals surface area contributed by atoms with Crippen LogP contribution in [-0.2, 0) is 4.79 Å². The number of para-hydroxylation sites is 2. The van der Waals surface area contributed by atoms with Gasteiger partial charge in [0, 0.05) is 4.47 Å². The van der Waals surface area contributed by atoms with E-state index in [1.54, 1.807) is 25.5 Å². The number of hydrazone groups is 1. The van der Waals surface area contributed by atoms with Gasteiger partial charge < -0.3 is 15.9 Å². The quantitative estimate of drug-likeness (QED) is 0.198. The Bertz CT molecular complexity index is 1020. The lowest BCUT2D eigenvalue weighted by atomic mass is 10.2. The van der Waals surface area contributed by atoms with Crippen LogP contribution in [0.25, 0.3) is 0 Å². The Labute approximate surface area is 179 Å². The Hall–Kier alpha value is -3.05. The molecule has 0 saturated carbocycles. The fraction of sp³-hybridized carbons (Fsp3) is 0.111. The molecule has 9 nitrogen and oxygen atoms in total. The third kappa shape index (κ3) is 5.72. The van der Waals surface area contributed by atoms with Crippen molar-refractivity contribution in [1.29, 1.82) is 0 Å². The van der Waals surface area contributed by atoms with E-state index in [4.69, 9.17) is 10.6 Å². The molecule has 0 bridgehead atoms. The van der Waals surface area contributed by atoms with E-state index in [1.165, 1.54) is 4.68 Å². The molecule has 0 atom stereocenters. The number of nitrogens with zero attached hydrogens (tertiary/aromatic N) is 4. The lowest BCUT2D eigenvalue weighted by Crippen LogP contribution is -2.17. The lowest BCUT2D eigenvalue weighted by Gasteiger charge is -2.09. The number of carbonyl (C=O) groups is 1. The highest BCUT2D eigenvalue weighted by molar-refractivity contribution is 9.10. The average molecular weight is 476 g/mol. The fourth-order valence-corrected chi connectivity index (χ4v) is 3.34. The minimum absolute atomic E-state index is 0.106. The summed E-state index contributed by atoms with van der Waals surface area (Å²) in [5.41, 5.74) is 4.23. The number of anilines is 2. The Kier molecular flexibility index (Phi) is 7.09. The van der Waals surface area contributed by atoms with Crippen LogP contribution in [-0.4, -0.2) is 39.9 Å². The normalized spacial score (nSPS) is 10.8. The second-order valence-corrected chi connectivity index (χ2v) is 7.50. The molecule has 3 aromatic rings. The summed E-state index contributed by atoms with van der Waals surface area (Å²) in [7, 11) is 1.55. The minimum atomic E-state index is -0.218. The van der Waals surface area contributed by atoms with Gasteiger partial charge in [-0.05, 0) is 29.8 Å². The minimum Gasteiger partial charge on any atom is -0.495 e. The molecule has 0 unspecified atom stereocenters. The summed E-state index contributed by atoms with van der Waals surface area (Å²) in [4.78, 5) is 12.2. The molecule has 1 heterocycles. The van der Waals surface area contributed by atoms with Crippen LogP contribution in [0.15, 0.2) is 63.3 Å². The van der Waals surface area contributed by atoms with Gasteiger partial charge in [0.1, 0.15) is 5.75 Å². The number of ether oxygens (including phenoxy) is 1. The van der Waals surface area contributed by atoms with Crippen molar-refractivity contribution >= 4 is 51.4 Å². The standard InChI is InChI=1S/C18H18BrN7O2S/c1-28-15-8-3-2-7-14(15)22-16(27)11-29-18-25-24-17(26(18)20)23-21-10-12-5-4-6-13(19)9-12/h2-10H,11,20H2,1H3,(H,22,27)(H,23,24)/b21-10+. The maximum absolute atomic E-state index is 12.2.